The molecule has 148 valence electrons. The highest BCUT2D eigenvalue weighted by molar-refractivity contribution is 7.19. The number of fused-ring (bicyclic) bond motifs is 1. The molecular weight excluding hydrogens is 386 g/mol. The quantitative estimate of drug-likeness (QED) is 0.489. The van der Waals surface area contributed by atoms with Gasteiger partial charge >= 0.3 is 0 Å². The molecule has 2 heterocycles. The Hall–Kier alpha value is -3.26. The van der Waals surface area contributed by atoms with Gasteiger partial charge in [-0.1, -0.05) is 31.3 Å². The summed E-state index contributed by atoms with van der Waals surface area (Å²) in [5.41, 5.74) is 2.25. The van der Waals surface area contributed by atoms with E-state index in [0.29, 0.717) is 17.9 Å². The fourth-order valence-electron chi connectivity index (χ4n) is 2.84. The molecule has 0 aliphatic carbocycles. The maximum Gasteiger partial charge on any atom is 0.255 e. The summed E-state index contributed by atoms with van der Waals surface area (Å²) < 4.78 is 7.38. The van der Waals surface area contributed by atoms with Gasteiger partial charge in [-0.3, -0.25) is 4.79 Å². The fraction of sp³-hybridized carbons (Fsp3) is 0.238. The van der Waals surface area contributed by atoms with E-state index in [4.69, 9.17) is 4.74 Å². The monoisotopic (exact) mass is 407 g/mol. The number of carbonyl (C=O) groups is 1. The van der Waals surface area contributed by atoms with E-state index in [-0.39, 0.29) is 5.91 Å². The van der Waals surface area contributed by atoms with Gasteiger partial charge in [0, 0.05) is 23.2 Å². The Kier molecular flexibility index (Phi) is 5.53. The molecule has 4 rings (SSSR count). The lowest BCUT2D eigenvalue weighted by molar-refractivity contribution is 0.102. The van der Waals surface area contributed by atoms with Crippen molar-refractivity contribution < 1.29 is 9.53 Å². The second kappa shape index (κ2) is 8.40. The third-order valence-corrected chi connectivity index (χ3v) is 5.28. The van der Waals surface area contributed by atoms with Gasteiger partial charge in [-0.15, -0.1) is 10.2 Å². The highest BCUT2D eigenvalue weighted by Gasteiger charge is 2.12. The normalized spacial score (nSPS) is 11.0. The minimum Gasteiger partial charge on any atom is -0.494 e. The van der Waals surface area contributed by atoms with Crippen LogP contribution in [0.2, 0.25) is 0 Å². The third-order valence-electron chi connectivity index (χ3n) is 4.33. The molecule has 1 amide bonds. The Balaban J connectivity index is 1.47. The van der Waals surface area contributed by atoms with Crippen molar-refractivity contribution in [3.63, 3.8) is 0 Å². The lowest BCUT2D eigenvalue weighted by Gasteiger charge is -2.08. The SMILES string of the molecule is CCCOc1cccc(C(=O)Nc2ccc(-c3nn4c(CC)nnc4s3)cc2)c1. The molecule has 2 aromatic heterocycles. The Morgan fingerprint density at radius 2 is 1.97 bits per heavy atom. The van der Waals surface area contributed by atoms with Crippen molar-refractivity contribution in [3.05, 3.63) is 59.9 Å². The number of aryl methyl sites for hydroxylation is 1. The average Bonchev–Trinajstić information content (AvgIpc) is 3.33. The number of hydrogen-bond acceptors (Lipinski definition) is 6. The van der Waals surface area contributed by atoms with Gasteiger partial charge in [0.25, 0.3) is 5.91 Å². The predicted molar refractivity (Wildman–Crippen MR) is 114 cm³/mol. The molecule has 0 aliphatic rings. The summed E-state index contributed by atoms with van der Waals surface area (Å²) in [5.74, 6) is 1.37. The van der Waals surface area contributed by atoms with Gasteiger partial charge in [0.05, 0.1) is 6.61 Å². The lowest BCUT2D eigenvalue weighted by atomic mass is 10.1. The van der Waals surface area contributed by atoms with E-state index in [0.717, 1.165) is 39.9 Å². The number of ether oxygens (including phenoxy) is 1. The zero-order valence-electron chi connectivity index (χ0n) is 16.3. The minimum absolute atomic E-state index is 0.175. The lowest BCUT2D eigenvalue weighted by Crippen LogP contribution is -2.12. The van der Waals surface area contributed by atoms with E-state index in [1.807, 2.05) is 50.2 Å². The van der Waals surface area contributed by atoms with Crippen molar-refractivity contribution in [2.75, 3.05) is 11.9 Å². The second-order valence-electron chi connectivity index (χ2n) is 6.48. The Morgan fingerprint density at radius 1 is 1.14 bits per heavy atom. The number of rotatable bonds is 7. The predicted octanol–water partition coefficient (Wildman–Crippen LogP) is 4.46. The summed E-state index contributed by atoms with van der Waals surface area (Å²) in [4.78, 5) is 13.3. The van der Waals surface area contributed by atoms with Crippen LogP contribution in [0.4, 0.5) is 5.69 Å². The van der Waals surface area contributed by atoms with E-state index in [1.165, 1.54) is 11.3 Å². The molecule has 0 radical (unpaired) electrons. The molecule has 0 unspecified atom stereocenters. The molecule has 0 spiro atoms. The van der Waals surface area contributed by atoms with Crippen molar-refractivity contribution in [2.24, 2.45) is 0 Å². The maximum absolute atomic E-state index is 12.6. The van der Waals surface area contributed by atoms with Gasteiger partial charge in [0.2, 0.25) is 4.96 Å². The highest BCUT2D eigenvalue weighted by atomic mass is 32.1. The number of nitrogens with one attached hydrogen (secondary N) is 1. The Labute approximate surface area is 172 Å². The first-order valence-corrected chi connectivity index (χ1v) is 10.4. The standard InChI is InChI=1S/C21H21N5O2S/c1-3-12-28-17-7-5-6-15(13-17)19(27)22-16-10-8-14(9-11-16)20-25-26-18(4-2)23-24-21(26)29-20/h5-11,13H,3-4,12H2,1-2H3,(H,22,27). The van der Waals surface area contributed by atoms with Gasteiger partial charge in [-0.25, -0.2) is 0 Å². The molecule has 7 nitrogen and oxygen atoms in total. The van der Waals surface area contributed by atoms with Gasteiger partial charge in [-0.2, -0.15) is 9.61 Å². The zero-order chi connectivity index (χ0) is 20.2. The van der Waals surface area contributed by atoms with Gasteiger partial charge in [0.15, 0.2) is 5.82 Å². The van der Waals surface area contributed by atoms with Gasteiger partial charge in [0.1, 0.15) is 10.8 Å². The topological polar surface area (TPSA) is 81.4 Å². The molecule has 0 saturated heterocycles. The first-order chi connectivity index (χ1) is 14.2. The van der Waals surface area contributed by atoms with Crippen molar-refractivity contribution in [1.29, 1.82) is 0 Å². The van der Waals surface area contributed by atoms with E-state index < -0.39 is 0 Å². The largest absolute Gasteiger partial charge is 0.494 e. The highest BCUT2D eigenvalue weighted by Crippen LogP contribution is 2.27. The molecule has 0 fully saturated rings. The number of hydrogen-bond donors (Lipinski definition) is 1. The number of aromatic nitrogens is 4. The first-order valence-electron chi connectivity index (χ1n) is 9.53. The molecule has 0 atom stereocenters. The number of nitrogens with zero attached hydrogens (tertiary/aromatic N) is 4. The molecule has 0 aliphatic heterocycles. The number of amides is 1. The maximum atomic E-state index is 12.6. The molecule has 2 aromatic carbocycles. The van der Waals surface area contributed by atoms with Crippen LogP contribution in [0, 0.1) is 0 Å². The summed E-state index contributed by atoms with van der Waals surface area (Å²) in [6.45, 7) is 4.70. The molecule has 0 bridgehead atoms. The summed E-state index contributed by atoms with van der Waals surface area (Å²) in [6, 6.07) is 14.8. The van der Waals surface area contributed by atoms with Crippen LogP contribution in [0.25, 0.3) is 15.5 Å². The summed E-state index contributed by atoms with van der Waals surface area (Å²) >= 11 is 1.49. The summed E-state index contributed by atoms with van der Waals surface area (Å²) in [7, 11) is 0. The third kappa shape index (κ3) is 4.12. The second-order valence-corrected chi connectivity index (χ2v) is 7.44. The molecular formula is C21H21N5O2S. The van der Waals surface area contributed by atoms with Crippen LogP contribution in [-0.4, -0.2) is 32.3 Å². The smallest absolute Gasteiger partial charge is 0.255 e. The van der Waals surface area contributed by atoms with Gasteiger partial charge in [-0.05, 0) is 48.9 Å². The Morgan fingerprint density at radius 3 is 2.72 bits per heavy atom. The van der Waals surface area contributed by atoms with Crippen LogP contribution in [0.15, 0.2) is 48.5 Å². The van der Waals surface area contributed by atoms with Gasteiger partial charge < -0.3 is 10.1 Å². The summed E-state index contributed by atoms with van der Waals surface area (Å²) in [5, 5.41) is 16.6. The number of benzene rings is 2. The van der Waals surface area contributed by atoms with E-state index in [9.17, 15) is 4.79 Å². The molecule has 29 heavy (non-hydrogen) atoms. The number of carbonyl (C=O) groups excluding carboxylic acids is 1. The van der Waals surface area contributed by atoms with Crippen molar-refractivity contribution in [2.45, 2.75) is 26.7 Å². The average molecular weight is 407 g/mol. The van der Waals surface area contributed by atoms with Crippen LogP contribution >= 0.6 is 11.3 Å². The van der Waals surface area contributed by atoms with Crippen LogP contribution in [0.1, 0.15) is 36.5 Å². The summed E-state index contributed by atoms with van der Waals surface area (Å²) in [6.07, 6.45) is 1.70. The van der Waals surface area contributed by atoms with E-state index in [1.54, 1.807) is 16.6 Å². The van der Waals surface area contributed by atoms with Crippen molar-refractivity contribution in [1.82, 2.24) is 19.8 Å². The molecule has 1 N–H and O–H groups in total. The first kappa shape index (κ1) is 19.1. The molecule has 8 heteroatoms. The molecule has 4 aromatic rings. The molecule has 0 saturated carbocycles. The van der Waals surface area contributed by atoms with Crippen LogP contribution in [0.3, 0.4) is 0 Å². The van der Waals surface area contributed by atoms with Crippen molar-refractivity contribution >= 4 is 27.9 Å². The van der Waals surface area contributed by atoms with Crippen molar-refractivity contribution in [3.8, 4) is 16.3 Å². The fourth-order valence-corrected chi connectivity index (χ4v) is 3.70. The number of anilines is 1. The minimum atomic E-state index is -0.175. The van der Waals surface area contributed by atoms with Crippen LogP contribution in [0.5, 0.6) is 5.75 Å². The van der Waals surface area contributed by atoms with Crippen LogP contribution in [-0.2, 0) is 6.42 Å². The Bertz CT molecular complexity index is 1130. The van der Waals surface area contributed by atoms with E-state index >= 15 is 0 Å². The zero-order valence-corrected chi connectivity index (χ0v) is 17.1. The van der Waals surface area contributed by atoms with E-state index in [2.05, 4.69) is 20.6 Å². The van der Waals surface area contributed by atoms with Crippen LogP contribution < -0.4 is 10.1 Å².